The molecule has 0 radical (unpaired) electrons. The van der Waals surface area contributed by atoms with E-state index in [0.717, 1.165) is 0 Å². The van der Waals surface area contributed by atoms with Gasteiger partial charge >= 0.3 is 0 Å². The zero-order chi connectivity index (χ0) is 4.99. The Labute approximate surface area is 39.8 Å². The lowest BCUT2D eigenvalue weighted by Crippen LogP contribution is -1.75. The Kier molecular flexibility index (Phi) is 3.29. The molecule has 0 bridgehead atoms. The number of hydrogen-bond donors (Lipinski definition) is 0. The second-order valence-corrected chi connectivity index (χ2v) is 1.30. The van der Waals surface area contributed by atoms with Crippen LogP contribution in [0.2, 0.25) is 0 Å². The van der Waals surface area contributed by atoms with Crippen molar-refractivity contribution in [2.75, 3.05) is 20.1 Å². The van der Waals surface area contributed by atoms with E-state index >= 15 is 0 Å². The molecule has 1 saturated heterocycles. The normalized spacial score (nSPS) is 18.2. The Morgan fingerprint density at radius 1 is 1.50 bits per heavy atom. The van der Waals surface area contributed by atoms with Crippen LogP contribution in [0.4, 0.5) is 0 Å². The van der Waals surface area contributed by atoms with Crippen molar-refractivity contribution in [2.45, 2.75) is 0 Å². The van der Waals surface area contributed by atoms with Gasteiger partial charge in [-0.15, -0.1) is 0 Å². The van der Waals surface area contributed by atoms with Crippen LogP contribution in [0.5, 0.6) is 0 Å². The lowest BCUT2D eigenvalue weighted by Gasteiger charge is -1.66. The fourth-order valence-corrected chi connectivity index (χ4v) is 0.1000. The van der Waals surface area contributed by atoms with Gasteiger partial charge in [-0.3, -0.25) is 4.57 Å². The molecule has 1 aliphatic heterocycles. The number of likely N-dealkylation sites (N-methyl/N-ethyl adjacent to an activating group) is 1. The molecular weight excluding hydrogens is 97.0 g/mol. The van der Waals surface area contributed by atoms with E-state index < -0.39 is 0 Å². The summed E-state index contributed by atoms with van der Waals surface area (Å²) in [5, 5.41) is 0. The molecule has 1 aliphatic rings. The summed E-state index contributed by atoms with van der Waals surface area (Å²) < 4.78 is 8.06. The van der Waals surface area contributed by atoms with Crippen LogP contribution in [-0.4, -0.2) is 25.0 Å². The van der Waals surface area contributed by atoms with Crippen molar-refractivity contribution in [2.24, 2.45) is 0 Å². The third-order valence-electron chi connectivity index (χ3n) is 0.671. The van der Waals surface area contributed by atoms with Gasteiger partial charge in [-0.25, -0.2) is 0 Å². The fraction of sp³-hybridized carbons (Fsp3) is 1.00. The molecule has 0 spiro atoms. The molecule has 0 saturated carbocycles. The van der Waals surface area contributed by atoms with E-state index in [2.05, 4.69) is 11.9 Å². The third-order valence-corrected chi connectivity index (χ3v) is 0.671. The average Bonchev–Trinajstić information content (AvgIpc) is 2.30. The molecule has 0 aromatic carbocycles. The SMILES string of the molecule is CN1CC1.O=P. The molecule has 0 atom stereocenters. The van der Waals surface area contributed by atoms with Gasteiger partial charge in [0.25, 0.3) is 0 Å². The van der Waals surface area contributed by atoms with Crippen molar-refractivity contribution in [1.82, 2.24) is 4.90 Å². The summed E-state index contributed by atoms with van der Waals surface area (Å²) in [6, 6.07) is 0. The predicted molar refractivity (Wildman–Crippen MR) is 26.5 cm³/mol. The smallest absolute Gasteiger partial charge is 0.138 e. The first-order valence-electron chi connectivity index (χ1n) is 1.78. The van der Waals surface area contributed by atoms with Crippen LogP contribution in [0, 0.1) is 0 Å². The predicted octanol–water partition coefficient (Wildman–Crippen LogP) is 0.406. The average molecular weight is 105 g/mol. The van der Waals surface area contributed by atoms with Crippen LogP contribution in [-0.2, 0) is 4.57 Å². The lowest BCUT2D eigenvalue weighted by molar-refractivity contribution is 0.607. The standard InChI is InChI=1S/C3H7N.HOP/c1-4-2-3-4;1-2/h2-3H2,1H3;2H. The largest absolute Gasteiger partial charge is 0.304 e. The molecular formula is C3H8NOP. The van der Waals surface area contributed by atoms with E-state index in [-0.39, 0.29) is 0 Å². The molecule has 36 valence electrons. The second-order valence-electron chi connectivity index (χ2n) is 1.30. The molecule has 0 aliphatic carbocycles. The Bertz CT molecular complexity index is 37.8. The molecule has 2 nitrogen and oxygen atoms in total. The van der Waals surface area contributed by atoms with E-state index in [1.807, 2.05) is 0 Å². The molecule has 0 N–H and O–H groups in total. The van der Waals surface area contributed by atoms with Crippen molar-refractivity contribution < 1.29 is 4.57 Å². The van der Waals surface area contributed by atoms with E-state index in [0.29, 0.717) is 0 Å². The highest BCUT2D eigenvalue weighted by atomic mass is 31.0. The van der Waals surface area contributed by atoms with Crippen LogP contribution >= 0.6 is 9.12 Å². The minimum absolute atomic E-state index is 1.32. The highest BCUT2D eigenvalue weighted by molar-refractivity contribution is 7.00. The van der Waals surface area contributed by atoms with Gasteiger partial charge in [0, 0.05) is 13.1 Å². The summed E-state index contributed by atoms with van der Waals surface area (Å²) in [5.74, 6) is 0. The van der Waals surface area contributed by atoms with Crippen molar-refractivity contribution in [3.8, 4) is 0 Å². The van der Waals surface area contributed by atoms with E-state index in [4.69, 9.17) is 4.57 Å². The number of hydrogen-bond acceptors (Lipinski definition) is 2. The third kappa shape index (κ3) is 4.06. The maximum atomic E-state index is 8.06. The van der Waals surface area contributed by atoms with Gasteiger partial charge in [-0.2, -0.15) is 0 Å². The maximum absolute atomic E-state index is 8.06. The Morgan fingerprint density at radius 2 is 1.67 bits per heavy atom. The Hall–Kier alpha value is 0.0600. The molecule has 0 aromatic rings. The van der Waals surface area contributed by atoms with Gasteiger partial charge in [0.2, 0.25) is 0 Å². The van der Waals surface area contributed by atoms with Crippen molar-refractivity contribution in [1.29, 1.82) is 0 Å². The lowest BCUT2D eigenvalue weighted by atomic mass is 11.0. The fourth-order valence-electron chi connectivity index (χ4n) is 0.1000. The van der Waals surface area contributed by atoms with Gasteiger partial charge in [-0.1, -0.05) is 0 Å². The first kappa shape index (κ1) is 6.06. The number of nitrogens with zero attached hydrogens (tertiary/aromatic N) is 1. The summed E-state index contributed by atoms with van der Waals surface area (Å²) in [6.45, 7) is 2.64. The first-order chi connectivity index (χ1) is 2.89. The van der Waals surface area contributed by atoms with Crippen molar-refractivity contribution >= 4 is 9.12 Å². The summed E-state index contributed by atoms with van der Waals surface area (Å²) in [4.78, 5) is 2.25. The van der Waals surface area contributed by atoms with Gasteiger partial charge in [-0.05, 0) is 7.05 Å². The van der Waals surface area contributed by atoms with Crippen LogP contribution in [0.1, 0.15) is 0 Å². The number of rotatable bonds is 0. The minimum Gasteiger partial charge on any atom is -0.304 e. The van der Waals surface area contributed by atoms with Gasteiger partial charge in [0.1, 0.15) is 9.12 Å². The monoisotopic (exact) mass is 105 g/mol. The highest BCUT2D eigenvalue weighted by Gasteiger charge is 2.07. The molecule has 1 fully saturated rings. The summed E-state index contributed by atoms with van der Waals surface area (Å²) in [6.07, 6.45) is 0. The summed E-state index contributed by atoms with van der Waals surface area (Å²) in [5.41, 5.74) is 0. The Morgan fingerprint density at radius 3 is 1.67 bits per heavy atom. The van der Waals surface area contributed by atoms with E-state index in [1.165, 1.54) is 13.1 Å². The van der Waals surface area contributed by atoms with Gasteiger partial charge in [0.05, 0.1) is 0 Å². The van der Waals surface area contributed by atoms with Crippen LogP contribution in [0.3, 0.4) is 0 Å². The van der Waals surface area contributed by atoms with Crippen LogP contribution in [0.25, 0.3) is 0 Å². The van der Waals surface area contributed by atoms with Crippen molar-refractivity contribution in [3.05, 3.63) is 0 Å². The molecule has 1 rings (SSSR count). The second kappa shape index (κ2) is 3.26. The quantitative estimate of drug-likeness (QED) is 0.328. The molecule has 0 aromatic heterocycles. The topological polar surface area (TPSA) is 20.1 Å². The van der Waals surface area contributed by atoms with Crippen LogP contribution in [0.15, 0.2) is 0 Å². The highest BCUT2D eigenvalue weighted by Crippen LogP contribution is 1.93. The molecule has 6 heavy (non-hydrogen) atoms. The minimum atomic E-state index is 1.32. The van der Waals surface area contributed by atoms with Crippen LogP contribution < -0.4 is 0 Å². The van der Waals surface area contributed by atoms with Gasteiger partial charge in [0.15, 0.2) is 0 Å². The summed E-state index contributed by atoms with van der Waals surface area (Å²) in [7, 11) is 3.83. The summed E-state index contributed by atoms with van der Waals surface area (Å²) >= 11 is 0. The van der Waals surface area contributed by atoms with E-state index in [9.17, 15) is 0 Å². The molecule has 0 amide bonds. The van der Waals surface area contributed by atoms with Gasteiger partial charge < -0.3 is 4.90 Å². The zero-order valence-corrected chi connectivity index (χ0v) is 4.77. The molecule has 0 unspecified atom stereocenters. The molecule has 3 heteroatoms. The van der Waals surface area contributed by atoms with Crippen molar-refractivity contribution in [3.63, 3.8) is 0 Å². The maximum Gasteiger partial charge on any atom is 0.138 e. The molecule has 1 heterocycles. The first-order valence-corrected chi connectivity index (χ1v) is 2.19. The van der Waals surface area contributed by atoms with E-state index in [1.54, 1.807) is 9.12 Å². The zero-order valence-electron chi connectivity index (χ0n) is 3.77. The Balaban J connectivity index is 0.000000112.